The highest BCUT2D eigenvalue weighted by atomic mass is 19.4. The Morgan fingerprint density at radius 3 is 2.53 bits per heavy atom. The van der Waals surface area contributed by atoms with E-state index in [0.717, 1.165) is 16.7 Å². The van der Waals surface area contributed by atoms with Crippen LogP contribution in [0, 0.1) is 17.6 Å². The van der Waals surface area contributed by atoms with E-state index in [1.54, 1.807) is 6.08 Å². The van der Waals surface area contributed by atoms with Crippen molar-refractivity contribution >= 4 is 24.1 Å². The summed E-state index contributed by atoms with van der Waals surface area (Å²) in [5.74, 6) is -5.54. The van der Waals surface area contributed by atoms with Gasteiger partial charge < -0.3 is 5.32 Å². The van der Waals surface area contributed by atoms with Crippen LogP contribution in [0.15, 0.2) is 44.9 Å². The van der Waals surface area contributed by atoms with Crippen LogP contribution < -0.4 is 16.7 Å². The molecule has 0 bridgehead atoms. The summed E-state index contributed by atoms with van der Waals surface area (Å²) in [4.78, 5) is 45.2. The quantitative estimate of drug-likeness (QED) is 0.435. The van der Waals surface area contributed by atoms with E-state index in [4.69, 9.17) is 0 Å². The van der Waals surface area contributed by atoms with E-state index in [-0.39, 0.29) is 23.1 Å². The van der Waals surface area contributed by atoms with Gasteiger partial charge in [0.1, 0.15) is 0 Å². The number of amides is 1. The standard InChI is InChI=1S/C23H22F5N5O3/c1-3-14-8-13(9-17(24)18(14)25)11-32-20(30-10-16(4-2)23(26,27)28)31-21(35)33(22(32)36)12-15-6-5-7-29-19(15)34/h3,6,8-10,16H,1,4-5,7,11-12H2,2H3,(H,29,34). The number of nitrogens with zero attached hydrogens (tertiary/aromatic N) is 4. The molecule has 2 heterocycles. The van der Waals surface area contributed by atoms with Crippen LogP contribution >= 0.6 is 0 Å². The number of aliphatic imine (C=N–C) groups is 1. The average molecular weight is 511 g/mol. The van der Waals surface area contributed by atoms with Gasteiger partial charge in [-0.05, 0) is 30.5 Å². The van der Waals surface area contributed by atoms with E-state index in [1.165, 1.54) is 13.0 Å². The fraction of sp³-hybridized carbons (Fsp3) is 0.348. The molecule has 1 aliphatic heterocycles. The Hall–Kier alpha value is -3.90. The molecule has 1 amide bonds. The summed E-state index contributed by atoms with van der Waals surface area (Å²) in [6.45, 7) is 4.09. The second kappa shape index (κ2) is 10.8. The van der Waals surface area contributed by atoms with Crippen molar-refractivity contribution in [2.75, 3.05) is 6.54 Å². The Kier molecular flexibility index (Phi) is 8.00. The van der Waals surface area contributed by atoms with Gasteiger partial charge in [-0.2, -0.15) is 18.2 Å². The maximum absolute atomic E-state index is 14.1. The van der Waals surface area contributed by atoms with Crippen molar-refractivity contribution in [3.8, 4) is 0 Å². The van der Waals surface area contributed by atoms with Crippen LogP contribution in [-0.2, 0) is 17.9 Å². The Balaban J connectivity index is 2.15. The fourth-order valence-electron chi connectivity index (χ4n) is 3.51. The monoisotopic (exact) mass is 511 g/mol. The summed E-state index contributed by atoms with van der Waals surface area (Å²) in [6, 6.07) is 1.97. The molecule has 8 nitrogen and oxygen atoms in total. The van der Waals surface area contributed by atoms with Crippen molar-refractivity contribution < 1.29 is 26.7 Å². The summed E-state index contributed by atoms with van der Waals surface area (Å²) in [6.07, 6.45) is -1.40. The molecule has 1 unspecified atom stereocenters. The number of benzene rings is 1. The highest BCUT2D eigenvalue weighted by Gasteiger charge is 2.37. The minimum Gasteiger partial charge on any atom is -0.352 e. The Morgan fingerprint density at radius 2 is 1.92 bits per heavy atom. The highest BCUT2D eigenvalue weighted by molar-refractivity contribution is 5.94. The molecular formula is C23H22F5N5O3. The third-order valence-electron chi connectivity index (χ3n) is 5.48. The number of hydrogen-bond acceptors (Lipinski definition) is 5. The molecule has 0 saturated carbocycles. The molecule has 192 valence electrons. The molecular weight excluding hydrogens is 489 g/mol. The molecule has 1 N–H and O–H groups in total. The van der Waals surface area contributed by atoms with Gasteiger partial charge in [0.05, 0.1) is 19.0 Å². The predicted molar refractivity (Wildman–Crippen MR) is 122 cm³/mol. The average Bonchev–Trinajstić information content (AvgIpc) is 2.81. The van der Waals surface area contributed by atoms with Gasteiger partial charge in [-0.1, -0.05) is 25.7 Å². The van der Waals surface area contributed by atoms with Gasteiger partial charge in [0.15, 0.2) is 11.6 Å². The molecule has 0 saturated heterocycles. The van der Waals surface area contributed by atoms with Crippen molar-refractivity contribution in [1.29, 1.82) is 0 Å². The fourth-order valence-corrected chi connectivity index (χ4v) is 3.51. The lowest BCUT2D eigenvalue weighted by Crippen LogP contribution is -2.43. The van der Waals surface area contributed by atoms with E-state index in [1.807, 2.05) is 0 Å². The number of rotatable bonds is 8. The first-order valence-electron chi connectivity index (χ1n) is 10.9. The molecule has 13 heteroatoms. The topological polar surface area (TPSA) is 98.3 Å². The van der Waals surface area contributed by atoms with Crippen molar-refractivity contribution in [3.63, 3.8) is 0 Å². The van der Waals surface area contributed by atoms with Gasteiger partial charge in [0, 0.05) is 23.9 Å². The van der Waals surface area contributed by atoms with Crippen LogP contribution in [0.3, 0.4) is 0 Å². The Morgan fingerprint density at radius 1 is 1.19 bits per heavy atom. The maximum Gasteiger partial charge on any atom is 0.396 e. The number of nitrogens with one attached hydrogen (secondary N) is 1. The van der Waals surface area contributed by atoms with Crippen LogP contribution in [0.2, 0.25) is 0 Å². The first kappa shape index (κ1) is 26.7. The zero-order chi connectivity index (χ0) is 26.6. The zero-order valence-corrected chi connectivity index (χ0v) is 19.1. The summed E-state index contributed by atoms with van der Waals surface area (Å²) < 4.78 is 68.9. The van der Waals surface area contributed by atoms with Crippen LogP contribution in [0.4, 0.5) is 27.9 Å². The normalized spacial score (nSPS) is 15.1. The first-order valence-corrected chi connectivity index (χ1v) is 10.9. The lowest BCUT2D eigenvalue weighted by Gasteiger charge is -2.17. The lowest BCUT2D eigenvalue weighted by molar-refractivity contribution is -0.154. The van der Waals surface area contributed by atoms with Crippen molar-refractivity contribution in [2.45, 2.75) is 39.0 Å². The van der Waals surface area contributed by atoms with Crippen LogP contribution in [0.1, 0.15) is 30.9 Å². The maximum atomic E-state index is 14.1. The SMILES string of the molecule is C=Cc1cc(Cn2c(N=CC(CC)C(F)(F)F)nc(=O)n(CC3=CCCNC3=O)c2=O)cc(F)c1F. The number of halogens is 5. The smallest absolute Gasteiger partial charge is 0.352 e. The van der Waals surface area contributed by atoms with Crippen LogP contribution in [0.5, 0.6) is 0 Å². The highest BCUT2D eigenvalue weighted by Crippen LogP contribution is 2.27. The lowest BCUT2D eigenvalue weighted by atomic mass is 10.1. The number of hydrogen-bond donors (Lipinski definition) is 1. The van der Waals surface area contributed by atoms with E-state index < -0.39 is 60.1 Å². The molecule has 0 radical (unpaired) electrons. The summed E-state index contributed by atoms with van der Waals surface area (Å²) >= 11 is 0. The summed E-state index contributed by atoms with van der Waals surface area (Å²) in [5.41, 5.74) is -2.25. The molecule has 1 aromatic heterocycles. The molecule has 1 aromatic carbocycles. The van der Waals surface area contributed by atoms with Crippen molar-refractivity contribution in [1.82, 2.24) is 19.4 Å². The molecule has 1 atom stereocenters. The molecule has 1 aliphatic rings. The van der Waals surface area contributed by atoms with Crippen LogP contribution in [-0.4, -0.2) is 39.0 Å². The van der Waals surface area contributed by atoms with Gasteiger partial charge in [0.25, 0.3) is 0 Å². The van der Waals surface area contributed by atoms with Crippen molar-refractivity contribution in [3.05, 3.63) is 74.1 Å². The molecule has 3 rings (SSSR count). The number of alkyl halides is 3. The second-order valence-electron chi connectivity index (χ2n) is 7.94. The van der Waals surface area contributed by atoms with E-state index in [0.29, 0.717) is 23.7 Å². The minimum atomic E-state index is -4.63. The van der Waals surface area contributed by atoms with Crippen molar-refractivity contribution in [2.24, 2.45) is 10.9 Å². The Labute approximate surface area is 201 Å². The zero-order valence-electron chi connectivity index (χ0n) is 19.1. The number of carbonyl (C=O) groups is 1. The molecule has 2 aromatic rings. The van der Waals surface area contributed by atoms with E-state index in [2.05, 4.69) is 21.9 Å². The van der Waals surface area contributed by atoms with Gasteiger partial charge in [-0.25, -0.2) is 27.9 Å². The van der Waals surface area contributed by atoms with E-state index in [9.17, 15) is 36.3 Å². The van der Waals surface area contributed by atoms with Gasteiger partial charge in [0.2, 0.25) is 11.9 Å². The van der Waals surface area contributed by atoms with Gasteiger partial charge >= 0.3 is 17.6 Å². The van der Waals surface area contributed by atoms with E-state index >= 15 is 0 Å². The second-order valence-corrected chi connectivity index (χ2v) is 7.94. The van der Waals surface area contributed by atoms with Gasteiger partial charge in [-0.3, -0.25) is 9.36 Å². The molecule has 0 fully saturated rings. The molecule has 0 aliphatic carbocycles. The Bertz CT molecular complexity index is 1360. The molecule has 0 spiro atoms. The third kappa shape index (κ3) is 5.83. The number of carbonyl (C=O) groups excluding carboxylic acids is 1. The largest absolute Gasteiger partial charge is 0.396 e. The third-order valence-corrected chi connectivity index (χ3v) is 5.48. The summed E-state index contributed by atoms with van der Waals surface area (Å²) in [7, 11) is 0. The summed E-state index contributed by atoms with van der Waals surface area (Å²) in [5, 5.41) is 2.57. The number of aromatic nitrogens is 3. The van der Waals surface area contributed by atoms with Crippen LogP contribution in [0.25, 0.3) is 6.08 Å². The minimum absolute atomic E-state index is 0.0341. The first-order chi connectivity index (χ1) is 17.0. The predicted octanol–water partition coefficient (Wildman–Crippen LogP) is 3.11. The van der Waals surface area contributed by atoms with Gasteiger partial charge in [-0.15, -0.1) is 0 Å². The molecule has 36 heavy (non-hydrogen) atoms.